The van der Waals surface area contributed by atoms with Crippen LogP contribution in [0.15, 0.2) is 4.52 Å². The van der Waals surface area contributed by atoms with Crippen LogP contribution in [0.1, 0.15) is 49.6 Å². The summed E-state index contributed by atoms with van der Waals surface area (Å²) in [7, 11) is 1.90. The van der Waals surface area contributed by atoms with Crippen molar-refractivity contribution in [3.05, 3.63) is 17.0 Å². The minimum atomic E-state index is -0.187. The van der Waals surface area contributed by atoms with Gasteiger partial charge in [0.05, 0.1) is 17.7 Å². The van der Waals surface area contributed by atoms with E-state index in [1.807, 2.05) is 25.8 Å². The molecule has 5 heteroatoms. The second kappa shape index (κ2) is 6.60. The van der Waals surface area contributed by atoms with Crippen LogP contribution in [0.2, 0.25) is 0 Å². The molecule has 0 spiro atoms. The first-order valence-electron chi connectivity index (χ1n) is 7.88. The quantitative estimate of drug-likeness (QED) is 0.906. The van der Waals surface area contributed by atoms with E-state index in [1.54, 1.807) is 0 Å². The van der Waals surface area contributed by atoms with E-state index in [-0.39, 0.29) is 11.3 Å². The molecule has 0 unspecified atom stereocenters. The Hall–Kier alpha value is -1.36. The molecule has 0 aromatic carbocycles. The number of nitrogens with one attached hydrogen (secondary N) is 1. The van der Waals surface area contributed by atoms with Crippen molar-refractivity contribution in [2.24, 2.45) is 5.41 Å². The molecule has 0 radical (unpaired) electrons. The molecule has 1 aromatic heterocycles. The van der Waals surface area contributed by atoms with Gasteiger partial charge in [-0.1, -0.05) is 18.5 Å². The number of aromatic nitrogens is 1. The highest BCUT2D eigenvalue weighted by Gasteiger charge is 2.40. The van der Waals surface area contributed by atoms with E-state index in [4.69, 9.17) is 4.52 Å². The molecule has 1 N–H and O–H groups in total. The second-order valence-corrected chi connectivity index (χ2v) is 6.24. The maximum absolute atomic E-state index is 13.0. The van der Waals surface area contributed by atoms with E-state index < -0.39 is 0 Å². The fourth-order valence-corrected chi connectivity index (χ4v) is 3.40. The molecule has 2 heterocycles. The van der Waals surface area contributed by atoms with Gasteiger partial charge in [-0.25, -0.2) is 0 Å². The van der Waals surface area contributed by atoms with Crippen LogP contribution >= 0.6 is 0 Å². The normalized spacial score (nSPS) is 17.7. The summed E-state index contributed by atoms with van der Waals surface area (Å²) in [6.45, 7) is 8.44. The Morgan fingerprint density at radius 3 is 2.57 bits per heavy atom. The van der Waals surface area contributed by atoms with Gasteiger partial charge in [0.15, 0.2) is 0 Å². The topological polar surface area (TPSA) is 58.4 Å². The van der Waals surface area contributed by atoms with Crippen LogP contribution in [0, 0.1) is 19.3 Å². The van der Waals surface area contributed by atoms with E-state index in [2.05, 4.69) is 17.4 Å². The maximum Gasteiger partial charge on any atom is 0.228 e. The van der Waals surface area contributed by atoms with Gasteiger partial charge in [0.25, 0.3) is 0 Å². The molecule has 2 rings (SSSR count). The van der Waals surface area contributed by atoms with Crippen molar-refractivity contribution < 1.29 is 9.32 Å². The van der Waals surface area contributed by atoms with Crippen LogP contribution in [-0.2, 0) is 11.3 Å². The first-order valence-corrected chi connectivity index (χ1v) is 7.88. The Morgan fingerprint density at radius 1 is 1.38 bits per heavy atom. The fourth-order valence-electron chi connectivity index (χ4n) is 3.40. The van der Waals surface area contributed by atoms with Crippen LogP contribution < -0.4 is 5.32 Å². The van der Waals surface area contributed by atoms with Crippen LogP contribution in [0.3, 0.4) is 0 Å². The predicted molar refractivity (Wildman–Crippen MR) is 81.9 cm³/mol. The molecule has 0 saturated carbocycles. The van der Waals surface area contributed by atoms with E-state index in [1.165, 1.54) is 0 Å². The summed E-state index contributed by atoms with van der Waals surface area (Å²) in [5.41, 5.74) is 1.72. The standard InChI is InChI=1S/C16H27N3O2/c1-5-6-16(7-9-17-10-8-16)15(20)19(4)11-14-12(2)18-21-13(14)3/h17H,5-11H2,1-4H3. The molecule has 1 aliphatic heterocycles. The minimum absolute atomic E-state index is 0.187. The van der Waals surface area contributed by atoms with Gasteiger partial charge >= 0.3 is 0 Å². The number of piperidine rings is 1. The molecule has 1 fully saturated rings. The summed E-state index contributed by atoms with van der Waals surface area (Å²) in [5.74, 6) is 1.08. The molecule has 0 atom stereocenters. The van der Waals surface area contributed by atoms with Crippen molar-refractivity contribution in [2.45, 2.75) is 53.0 Å². The van der Waals surface area contributed by atoms with Gasteiger partial charge in [-0.05, 0) is 46.2 Å². The number of hydrogen-bond donors (Lipinski definition) is 1. The lowest BCUT2D eigenvalue weighted by Gasteiger charge is -2.39. The van der Waals surface area contributed by atoms with Crippen molar-refractivity contribution in [3.63, 3.8) is 0 Å². The van der Waals surface area contributed by atoms with E-state index in [0.29, 0.717) is 6.54 Å². The first kappa shape index (κ1) is 16.0. The van der Waals surface area contributed by atoms with Crippen LogP contribution in [0.5, 0.6) is 0 Å². The average molecular weight is 293 g/mol. The molecule has 1 saturated heterocycles. The highest BCUT2D eigenvalue weighted by Crippen LogP contribution is 2.36. The van der Waals surface area contributed by atoms with E-state index in [9.17, 15) is 4.79 Å². The molecular formula is C16H27N3O2. The SMILES string of the molecule is CCCC1(C(=O)N(C)Cc2c(C)noc2C)CCNCC1. The summed E-state index contributed by atoms with van der Waals surface area (Å²) in [6, 6.07) is 0. The molecule has 0 bridgehead atoms. The van der Waals surface area contributed by atoms with Gasteiger partial charge in [-0.2, -0.15) is 0 Å². The van der Waals surface area contributed by atoms with Gasteiger partial charge in [-0.3, -0.25) is 4.79 Å². The molecule has 1 aliphatic rings. The average Bonchev–Trinajstić information content (AvgIpc) is 2.79. The third kappa shape index (κ3) is 3.28. The summed E-state index contributed by atoms with van der Waals surface area (Å²) in [4.78, 5) is 14.9. The van der Waals surface area contributed by atoms with Crippen molar-refractivity contribution in [1.29, 1.82) is 0 Å². The maximum atomic E-state index is 13.0. The third-order valence-corrected chi connectivity index (χ3v) is 4.67. The Labute approximate surface area is 127 Å². The summed E-state index contributed by atoms with van der Waals surface area (Å²) in [6.07, 6.45) is 3.89. The van der Waals surface area contributed by atoms with Crippen molar-refractivity contribution in [2.75, 3.05) is 20.1 Å². The number of amides is 1. The van der Waals surface area contributed by atoms with Crippen LogP contribution in [0.25, 0.3) is 0 Å². The number of hydrogen-bond acceptors (Lipinski definition) is 4. The second-order valence-electron chi connectivity index (χ2n) is 6.24. The summed E-state index contributed by atoms with van der Waals surface area (Å²) < 4.78 is 5.20. The van der Waals surface area contributed by atoms with Gasteiger partial charge < -0.3 is 14.7 Å². The molecule has 1 amide bonds. The number of carbonyl (C=O) groups is 1. The largest absolute Gasteiger partial charge is 0.361 e. The first-order chi connectivity index (χ1) is 10.00. The van der Waals surface area contributed by atoms with Gasteiger partial charge in [0.2, 0.25) is 5.91 Å². The van der Waals surface area contributed by atoms with Crippen molar-refractivity contribution >= 4 is 5.91 Å². The Balaban J connectivity index is 2.13. The van der Waals surface area contributed by atoms with E-state index in [0.717, 1.165) is 55.8 Å². The fraction of sp³-hybridized carbons (Fsp3) is 0.750. The lowest BCUT2D eigenvalue weighted by molar-refractivity contribution is -0.143. The van der Waals surface area contributed by atoms with Crippen LogP contribution in [0.4, 0.5) is 0 Å². The minimum Gasteiger partial charge on any atom is -0.361 e. The van der Waals surface area contributed by atoms with E-state index >= 15 is 0 Å². The highest BCUT2D eigenvalue weighted by atomic mass is 16.5. The Bertz CT molecular complexity index is 465. The van der Waals surface area contributed by atoms with Crippen LogP contribution in [-0.4, -0.2) is 36.1 Å². The number of rotatable bonds is 5. The zero-order valence-electron chi connectivity index (χ0n) is 13.7. The Morgan fingerprint density at radius 2 is 2.05 bits per heavy atom. The van der Waals surface area contributed by atoms with Crippen molar-refractivity contribution in [3.8, 4) is 0 Å². The third-order valence-electron chi connectivity index (χ3n) is 4.67. The smallest absolute Gasteiger partial charge is 0.228 e. The van der Waals surface area contributed by atoms with Gasteiger partial charge in [-0.15, -0.1) is 0 Å². The van der Waals surface area contributed by atoms with Gasteiger partial charge in [0, 0.05) is 12.6 Å². The Kier molecular flexibility index (Phi) is 5.04. The number of carbonyl (C=O) groups excluding carboxylic acids is 1. The lowest BCUT2D eigenvalue weighted by Crippen LogP contribution is -2.48. The number of aryl methyl sites for hydroxylation is 2. The van der Waals surface area contributed by atoms with Gasteiger partial charge in [0.1, 0.15) is 5.76 Å². The molecule has 1 aromatic rings. The lowest BCUT2D eigenvalue weighted by atomic mass is 9.74. The molecule has 21 heavy (non-hydrogen) atoms. The van der Waals surface area contributed by atoms with Crippen molar-refractivity contribution in [1.82, 2.24) is 15.4 Å². The zero-order valence-corrected chi connectivity index (χ0v) is 13.7. The molecule has 5 nitrogen and oxygen atoms in total. The summed E-state index contributed by atoms with van der Waals surface area (Å²) in [5, 5.41) is 7.33. The molecule has 118 valence electrons. The monoisotopic (exact) mass is 293 g/mol. The zero-order chi connectivity index (χ0) is 15.5. The highest BCUT2D eigenvalue weighted by molar-refractivity contribution is 5.82. The number of nitrogens with zero attached hydrogens (tertiary/aromatic N) is 2. The molecular weight excluding hydrogens is 266 g/mol. The predicted octanol–water partition coefficient (Wildman–Crippen LogP) is 2.42. The summed E-state index contributed by atoms with van der Waals surface area (Å²) >= 11 is 0. The molecule has 0 aliphatic carbocycles.